The first-order chi connectivity index (χ1) is 9.95. The Hall–Kier alpha value is -1.79. The number of thiophene rings is 1. The molecule has 0 saturated heterocycles. The van der Waals surface area contributed by atoms with Crippen LogP contribution in [0.4, 0.5) is 0 Å². The van der Waals surface area contributed by atoms with Crippen molar-refractivity contribution in [3.8, 4) is 0 Å². The molecule has 2 aromatic rings. The lowest BCUT2D eigenvalue weighted by Crippen LogP contribution is -2.34. The highest BCUT2D eigenvalue weighted by Gasteiger charge is 2.12. The van der Waals surface area contributed by atoms with Gasteiger partial charge in [0.25, 0.3) is 5.91 Å². The zero-order chi connectivity index (χ0) is 15.4. The number of thiocarbonyl (C=S) groups is 1. The van der Waals surface area contributed by atoms with Crippen LogP contribution in [0, 0.1) is 6.92 Å². The molecule has 0 aliphatic carbocycles. The summed E-state index contributed by atoms with van der Waals surface area (Å²) in [6, 6.07) is 7.57. The Balaban J connectivity index is 1.95. The predicted molar refractivity (Wildman–Crippen MR) is 89.8 cm³/mol. The highest BCUT2D eigenvalue weighted by molar-refractivity contribution is 7.80. The van der Waals surface area contributed by atoms with E-state index in [1.165, 1.54) is 16.0 Å². The van der Waals surface area contributed by atoms with Gasteiger partial charge in [-0.3, -0.25) is 9.78 Å². The van der Waals surface area contributed by atoms with Crippen LogP contribution in [-0.4, -0.2) is 21.9 Å². The van der Waals surface area contributed by atoms with Crippen molar-refractivity contribution in [2.24, 2.45) is 5.73 Å². The van der Waals surface area contributed by atoms with Gasteiger partial charge < -0.3 is 11.1 Å². The van der Waals surface area contributed by atoms with Crippen LogP contribution in [-0.2, 0) is 6.42 Å². The third-order valence-corrected chi connectivity index (χ3v) is 4.22. The Labute approximate surface area is 133 Å². The molecule has 0 radical (unpaired) electrons. The molecule has 0 aliphatic heterocycles. The van der Waals surface area contributed by atoms with E-state index in [0.717, 1.165) is 6.42 Å². The molecule has 2 aromatic heterocycles. The summed E-state index contributed by atoms with van der Waals surface area (Å²) < 4.78 is 0. The predicted octanol–water partition coefficient (Wildman–Crippen LogP) is 2.45. The molecular formula is C15H17N3OS2. The Morgan fingerprint density at radius 3 is 2.71 bits per heavy atom. The largest absolute Gasteiger partial charge is 0.389 e. The van der Waals surface area contributed by atoms with E-state index in [-0.39, 0.29) is 16.9 Å². The fourth-order valence-corrected chi connectivity index (χ4v) is 3.06. The molecular weight excluding hydrogens is 302 g/mol. The zero-order valence-electron chi connectivity index (χ0n) is 11.9. The second-order valence-electron chi connectivity index (χ2n) is 4.89. The Morgan fingerprint density at radius 2 is 2.19 bits per heavy atom. The first kappa shape index (κ1) is 15.6. The van der Waals surface area contributed by atoms with Crippen LogP contribution in [0.15, 0.2) is 30.5 Å². The first-order valence-electron chi connectivity index (χ1n) is 6.57. The van der Waals surface area contributed by atoms with Gasteiger partial charge in [-0.05, 0) is 38.1 Å². The summed E-state index contributed by atoms with van der Waals surface area (Å²) in [7, 11) is 0. The maximum Gasteiger partial charge on any atom is 0.270 e. The standard InChI is InChI=1S/C15H17N3OS2/c1-9(7-12-5-3-10(2)21-12)18-15(19)13-6-4-11(8-17-13)14(16)20/h3-6,8-9H,7H2,1-2H3,(H2,16,20)(H,18,19). The summed E-state index contributed by atoms with van der Waals surface area (Å²) in [6.07, 6.45) is 2.33. The van der Waals surface area contributed by atoms with Crippen LogP contribution in [0.1, 0.15) is 32.7 Å². The summed E-state index contributed by atoms with van der Waals surface area (Å²) in [5.41, 5.74) is 6.52. The molecule has 1 atom stereocenters. The van der Waals surface area contributed by atoms with E-state index in [0.29, 0.717) is 11.3 Å². The van der Waals surface area contributed by atoms with E-state index in [1.807, 2.05) is 6.92 Å². The number of nitrogens with zero attached hydrogens (tertiary/aromatic N) is 1. The van der Waals surface area contributed by atoms with Gasteiger partial charge in [0.1, 0.15) is 10.7 Å². The number of nitrogens with one attached hydrogen (secondary N) is 1. The Morgan fingerprint density at radius 1 is 1.43 bits per heavy atom. The second-order valence-corrected chi connectivity index (χ2v) is 6.70. The Bertz CT molecular complexity index is 649. The van der Waals surface area contributed by atoms with E-state index in [4.69, 9.17) is 18.0 Å². The van der Waals surface area contributed by atoms with Gasteiger partial charge in [0.15, 0.2) is 0 Å². The van der Waals surface area contributed by atoms with E-state index in [1.54, 1.807) is 23.5 Å². The van der Waals surface area contributed by atoms with Crippen LogP contribution in [0.25, 0.3) is 0 Å². The van der Waals surface area contributed by atoms with Crippen molar-refractivity contribution in [3.05, 3.63) is 51.5 Å². The summed E-state index contributed by atoms with van der Waals surface area (Å²) in [5.74, 6) is -0.190. The lowest BCUT2D eigenvalue weighted by atomic mass is 10.2. The van der Waals surface area contributed by atoms with Gasteiger partial charge in [-0.15, -0.1) is 11.3 Å². The molecule has 0 fully saturated rings. The third kappa shape index (κ3) is 4.34. The van der Waals surface area contributed by atoms with Gasteiger partial charge in [0.2, 0.25) is 0 Å². The number of hydrogen-bond acceptors (Lipinski definition) is 4. The number of carbonyl (C=O) groups excluding carboxylic acids is 1. The van der Waals surface area contributed by atoms with E-state index >= 15 is 0 Å². The molecule has 0 aromatic carbocycles. The number of hydrogen-bond donors (Lipinski definition) is 2. The smallest absolute Gasteiger partial charge is 0.270 e. The van der Waals surface area contributed by atoms with Crippen molar-refractivity contribution >= 4 is 34.5 Å². The third-order valence-electron chi connectivity index (χ3n) is 2.96. The maximum absolute atomic E-state index is 12.1. The van der Waals surface area contributed by atoms with Crippen molar-refractivity contribution in [2.75, 3.05) is 0 Å². The minimum atomic E-state index is -0.190. The number of carbonyl (C=O) groups is 1. The molecule has 6 heteroatoms. The van der Waals surface area contributed by atoms with Crippen LogP contribution < -0.4 is 11.1 Å². The molecule has 2 heterocycles. The first-order valence-corrected chi connectivity index (χ1v) is 7.80. The number of aromatic nitrogens is 1. The molecule has 3 N–H and O–H groups in total. The summed E-state index contributed by atoms with van der Waals surface area (Å²) in [4.78, 5) is 19.0. The van der Waals surface area contributed by atoms with Crippen molar-refractivity contribution < 1.29 is 4.79 Å². The van der Waals surface area contributed by atoms with Crippen LogP contribution in [0.5, 0.6) is 0 Å². The molecule has 110 valence electrons. The fraction of sp³-hybridized carbons (Fsp3) is 0.267. The minimum absolute atomic E-state index is 0.0487. The number of pyridine rings is 1. The lowest BCUT2D eigenvalue weighted by Gasteiger charge is -2.12. The van der Waals surface area contributed by atoms with Crippen LogP contribution >= 0.6 is 23.6 Å². The Kier molecular flexibility index (Phi) is 5.03. The number of nitrogens with two attached hydrogens (primary N) is 1. The quantitative estimate of drug-likeness (QED) is 0.831. The van der Waals surface area contributed by atoms with Crippen molar-refractivity contribution in [1.82, 2.24) is 10.3 Å². The number of rotatable bonds is 5. The van der Waals surface area contributed by atoms with Crippen molar-refractivity contribution in [1.29, 1.82) is 0 Å². The van der Waals surface area contributed by atoms with Gasteiger partial charge in [-0.1, -0.05) is 12.2 Å². The molecule has 1 amide bonds. The molecule has 0 saturated carbocycles. The zero-order valence-corrected chi connectivity index (χ0v) is 13.6. The van der Waals surface area contributed by atoms with Crippen LogP contribution in [0.3, 0.4) is 0 Å². The second kappa shape index (κ2) is 6.78. The summed E-state index contributed by atoms with van der Waals surface area (Å²) in [5, 5.41) is 2.94. The van der Waals surface area contributed by atoms with E-state index < -0.39 is 0 Å². The fourth-order valence-electron chi connectivity index (χ4n) is 1.92. The molecule has 0 spiro atoms. The molecule has 21 heavy (non-hydrogen) atoms. The minimum Gasteiger partial charge on any atom is -0.389 e. The molecule has 2 rings (SSSR count). The average molecular weight is 319 g/mol. The average Bonchev–Trinajstić information content (AvgIpc) is 2.83. The monoisotopic (exact) mass is 319 g/mol. The molecule has 0 bridgehead atoms. The normalized spacial score (nSPS) is 11.9. The number of aryl methyl sites for hydroxylation is 1. The lowest BCUT2D eigenvalue weighted by molar-refractivity contribution is 0.0935. The summed E-state index contributed by atoms with van der Waals surface area (Å²) in [6.45, 7) is 4.06. The van der Waals surface area contributed by atoms with Crippen LogP contribution in [0.2, 0.25) is 0 Å². The summed E-state index contributed by atoms with van der Waals surface area (Å²) >= 11 is 6.60. The van der Waals surface area contributed by atoms with Crippen molar-refractivity contribution in [2.45, 2.75) is 26.3 Å². The SMILES string of the molecule is Cc1ccc(CC(C)NC(=O)c2ccc(C(N)=S)cn2)s1. The molecule has 4 nitrogen and oxygen atoms in total. The van der Waals surface area contributed by atoms with E-state index in [2.05, 4.69) is 29.4 Å². The highest BCUT2D eigenvalue weighted by Crippen LogP contribution is 2.16. The van der Waals surface area contributed by atoms with Gasteiger partial charge in [-0.25, -0.2) is 0 Å². The number of amides is 1. The molecule has 0 aliphatic rings. The van der Waals surface area contributed by atoms with Crippen molar-refractivity contribution in [3.63, 3.8) is 0 Å². The highest BCUT2D eigenvalue weighted by atomic mass is 32.1. The maximum atomic E-state index is 12.1. The topological polar surface area (TPSA) is 68.0 Å². The van der Waals surface area contributed by atoms with Gasteiger partial charge >= 0.3 is 0 Å². The van der Waals surface area contributed by atoms with Gasteiger partial charge in [0.05, 0.1) is 0 Å². The van der Waals surface area contributed by atoms with Gasteiger partial charge in [-0.2, -0.15) is 0 Å². The molecule has 1 unspecified atom stereocenters. The van der Waals surface area contributed by atoms with Gasteiger partial charge in [0, 0.05) is 34.0 Å². The van der Waals surface area contributed by atoms with E-state index in [9.17, 15) is 4.79 Å².